The first-order valence-corrected chi connectivity index (χ1v) is 6.72. The summed E-state index contributed by atoms with van der Waals surface area (Å²) in [5, 5.41) is 7.97. The number of hydrogen-bond donors (Lipinski definition) is 1. The van der Waals surface area contributed by atoms with Crippen LogP contribution < -0.4 is 5.73 Å². The van der Waals surface area contributed by atoms with Crippen molar-refractivity contribution in [2.45, 2.75) is 17.9 Å². The molecule has 0 amide bonds. The fraction of sp³-hybridized carbons (Fsp3) is 0.364. The zero-order valence-electron chi connectivity index (χ0n) is 9.35. The molecule has 17 heavy (non-hydrogen) atoms. The van der Waals surface area contributed by atoms with Gasteiger partial charge < -0.3 is 5.73 Å². The minimum atomic E-state index is -3.41. The maximum atomic E-state index is 13.1. The lowest BCUT2D eigenvalue weighted by atomic mass is 10.1. The normalized spacial score (nSPS) is 13.1. The van der Waals surface area contributed by atoms with Crippen molar-refractivity contribution in [1.29, 1.82) is 5.26 Å². The van der Waals surface area contributed by atoms with E-state index in [1.165, 1.54) is 13.0 Å². The largest absolute Gasteiger partial charge is 0.329 e. The van der Waals surface area contributed by atoms with E-state index in [1.54, 1.807) is 6.07 Å². The molecule has 1 aromatic carbocycles. The van der Waals surface area contributed by atoms with Gasteiger partial charge in [-0.05, 0) is 30.7 Å². The molecule has 92 valence electrons. The lowest BCUT2D eigenvalue weighted by Crippen LogP contribution is -2.27. The van der Waals surface area contributed by atoms with Crippen molar-refractivity contribution < 1.29 is 12.8 Å². The maximum absolute atomic E-state index is 13.1. The monoisotopic (exact) mass is 256 g/mol. The van der Waals surface area contributed by atoms with E-state index in [9.17, 15) is 12.8 Å². The van der Waals surface area contributed by atoms with Crippen LogP contribution in [-0.2, 0) is 15.6 Å². The number of sulfone groups is 1. The van der Waals surface area contributed by atoms with Gasteiger partial charge in [0.1, 0.15) is 5.82 Å². The highest BCUT2D eigenvalue weighted by molar-refractivity contribution is 7.91. The molecule has 4 nitrogen and oxygen atoms in total. The molecule has 2 N–H and O–H groups in total. The standard InChI is InChI=1S/C11H13FN2O2S/c1-8(5-13)17(15,16)7-10-2-9(6-14)3-11(12)4-10/h2-4,8H,5,7,13H2,1H3. The fourth-order valence-corrected chi connectivity index (χ4v) is 2.53. The summed E-state index contributed by atoms with van der Waals surface area (Å²) in [4.78, 5) is 0. The van der Waals surface area contributed by atoms with Gasteiger partial charge in [-0.15, -0.1) is 0 Å². The van der Waals surface area contributed by atoms with Crippen molar-refractivity contribution in [1.82, 2.24) is 0 Å². The molecule has 0 bridgehead atoms. The fourth-order valence-electron chi connectivity index (χ4n) is 1.32. The van der Waals surface area contributed by atoms with Crippen LogP contribution in [0, 0.1) is 17.1 Å². The van der Waals surface area contributed by atoms with Crippen molar-refractivity contribution in [3.63, 3.8) is 0 Å². The van der Waals surface area contributed by atoms with Crippen molar-refractivity contribution in [2.24, 2.45) is 5.73 Å². The second-order valence-electron chi connectivity index (χ2n) is 3.81. The number of nitrogens with zero attached hydrogens (tertiary/aromatic N) is 1. The molecular weight excluding hydrogens is 243 g/mol. The first-order valence-electron chi connectivity index (χ1n) is 5.00. The van der Waals surface area contributed by atoms with Crippen molar-refractivity contribution in [2.75, 3.05) is 6.54 Å². The molecule has 0 fully saturated rings. The molecular formula is C11H13FN2O2S. The molecule has 1 unspecified atom stereocenters. The van der Waals surface area contributed by atoms with Crippen LogP contribution in [0.25, 0.3) is 0 Å². The number of rotatable bonds is 4. The summed E-state index contributed by atoms with van der Waals surface area (Å²) in [6.07, 6.45) is 0. The Morgan fingerprint density at radius 3 is 2.65 bits per heavy atom. The Labute approximate surface area is 99.8 Å². The van der Waals surface area contributed by atoms with Gasteiger partial charge in [0.15, 0.2) is 9.84 Å². The molecule has 0 aliphatic rings. The summed E-state index contributed by atoms with van der Waals surface area (Å²) in [6.45, 7) is 1.52. The van der Waals surface area contributed by atoms with E-state index < -0.39 is 20.9 Å². The number of nitrogens with two attached hydrogens (primary N) is 1. The maximum Gasteiger partial charge on any atom is 0.158 e. The molecule has 1 aromatic rings. The quantitative estimate of drug-likeness (QED) is 0.869. The minimum absolute atomic E-state index is 0.0166. The lowest BCUT2D eigenvalue weighted by Gasteiger charge is -2.10. The van der Waals surface area contributed by atoms with Gasteiger partial charge in [0.25, 0.3) is 0 Å². The Balaban J connectivity index is 3.05. The molecule has 0 aliphatic heterocycles. The van der Waals surface area contributed by atoms with Crippen LogP contribution in [0.3, 0.4) is 0 Å². The molecule has 0 saturated carbocycles. The van der Waals surface area contributed by atoms with E-state index in [2.05, 4.69) is 0 Å². The smallest absolute Gasteiger partial charge is 0.158 e. The summed E-state index contributed by atoms with van der Waals surface area (Å²) in [7, 11) is -3.41. The third kappa shape index (κ3) is 3.51. The molecule has 0 radical (unpaired) electrons. The van der Waals surface area contributed by atoms with Gasteiger partial charge in [-0.2, -0.15) is 5.26 Å². The molecule has 0 aliphatic carbocycles. The molecule has 0 saturated heterocycles. The van der Waals surface area contributed by atoms with Crippen LogP contribution in [-0.4, -0.2) is 20.2 Å². The van der Waals surface area contributed by atoms with E-state index in [4.69, 9.17) is 11.0 Å². The highest BCUT2D eigenvalue weighted by Crippen LogP contribution is 2.14. The number of halogens is 1. The van der Waals surface area contributed by atoms with Gasteiger partial charge in [-0.3, -0.25) is 0 Å². The van der Waals surface area contributed by atoms with E-state index in [-0.39, 0.29) is 23.4 Å². The Bertz CT molecular complexity index is 549. The van der Waals surface area contributed by atoms with Gasteiger partial charge >= 0.3 is 0 Å². The van der Waals surface area contributed by atoms with Crippen LogP contribution in [0.4, 0.5) is 4.39 Å². The van der Waals surface area contributed by atoms with Crippen molar-refractivity contribution in [3.8, 4) is 6.07 Å². The van der Waals surface area contributed by atoms with Gasteiger partial charge in [-0.1, -0.05) is 0 Å². The highest BCUT2D eigenvalue weighted by Gasteiger charge is 2.20. The molecule has 1 atom stereocenters. The van der Waals surface area contributed by atoms with Gasteiger partial charge in [-0.25, -0.2) is 12.8 Å². The summed E-state index contributed by atoms with van der Waals surface area (Å²) < 4.78 is 36.6. The number of hydrogen-bond acceptors (Lipinski definition) is 4. The average Bonchev–Trinajstić information content (AvgIpc) is 2.26. The predicted octanol–water partition coefficient (Wildman–Crippen LogP) is 0.959. The van der Waals surface area contributed by atoms with Crippen LogP contribution in [0.1, 0.15) is 18.1 Å². The minimum Gasteiger partial charge on any atom is -0.329 e. The molecule has 0 aromatic heterocycles. The Hall–Kier alpha value is -1.45. The zero-order chi connectivity index (χ0) is 13.1. The molecule has 0 spiro atoms. The Morgan fingerprint density at radius 2 is 2.12 bits per heavy atom. The average molecular weight is 256 g/mol. The zero-order valence-corrected chi connectivity index (χ0v) is 10.2. The van der Waals surface area contributed by atoms with Gasteiger partial charge in [0, 0.05) is 6.54 Å². The van der Waals surface area contributed by atoms with Gasteiger partial charge in [0.05, 0.1) is 22.6 Å². The second kappa shape index (κ2) is 5.25. The third-order valence-electron chi connectivity index (χ3n) is 2.40. The van der Waals surface area contributed by atoms with Crippen molar-refractivity contribution >= 4 is 9.84 Å². The van der Waals surface area contributed by atoms with Crippen LogP contribution in [0.2, 0.25) is 0 Å². The predicted molar refractivity (Wildman–Crippen MR) is 62.3 cm³/mol. The SMILES string of the molecule is CC(CN)S(=O)(=O)Cc1cc(F)cc(C#N)c1. The van der Waals surface area contributed by atoms with Crippen LogP contribution in [0.15, 0.2) is 18.2 Å². The van der Waals surface area contributed by atoms with Crippen molar-refractivity contribution in [3.05, 3.63) is 35.1 Å². The first-order chi connectivity index (χ1) is 7.89. The summed E-state index contributed by atoms with van der Waals surface area (Å²) in [6, 6.07) is 5.31. The van der Waals surface area contributed by atoms with E-state index >= 15 is 0 Å². The van der Waals surface area contributed by atoms with E-state index in [1.807, 2.05) is 0 Å². The number of benzene rings is 1. The molecule has 0 heterocycles. The topological polar surface area (TPSA) is 84.0 Å². The second-order valence-corrected chi connectivity index (χ2v) is 6.23. The van der Waals surface area contributed by atoms with Crippen LogP contribution >= 0.6 is 0 Å². The van der Waals surface area contributed by atoms with E-state index in [0.717, 1.165) is 12.1 Å². The molecule has 6 heteroatoms. The summed E-state index contributed by atoms with van der Waals surface area (Å²) in [5.41, 5.74) is 5.66. The highest BCUT2D eigenvalue weighted by atomic mass is 32.2. The van der Waals surface area contributed by atoms with Crippen LogP contribution in [0.5, 0.6) is 0 Å². The Morgan fingerprint density at radius 1 is 1.47 bits per heavy atom. The first kappa shape index (κ1) is 13.6. The summed E-state index contributed by atoms with van der Waals surface area (Å²) >= 11 is 0. The Kier molecular flexibility index (Phi) is 4.21. The third-order valence-corrected chi connectivity index (χ3v) is 4.55. The summed E-state index contributed by atoms with van der Waals surface area (Å²) in [5.74, 6) is -0.924. The van der Waals surface area contributed by atoms with Gasteiger partial charge in [0.2, 0.25) is 0 Å². The lowest BCUT2D eigenvalue weighted by molar-refractivity contribution is 0.582. The van der Waals surface area contributed by atoms with E-state index in [0.29, 0.717) is 0 Å². The number of nitriles is 1. The molecule has 1 rings (SSSR count).